The number of nitrogens with one attached hydrogen (secondary N) is 1. The van der Waals surface area contributed by atoms with E-state index >= 15 is 0 Å². The molecule has 1 rings (SSSR count). The molecule has 0 saturated heterocycles. The van der Waals surface area contributed by atoms with Crippen LogP contribution < -0.4 is 5.32 Å². The minimum atomic E-state index is -1.05. The molecule has 0 saturated carbocycles. The van der Waals surface area contributed by atoms with E-state index in [1.807, 2.05) is 36.4 Å². The average molecular weight is 362 g/mol. The van der Waals surface area contributed by atoms with Crippen molar-refractivity contribution in [2.24, 2.45) is 0 Å². The van der Waals surface area contributed by atoms with E-state index in [2.05, 4.69) is 5.32 Å². The molecule has 0 aliphatic carbocycles. The van der Waals surface area contributed by atoms with Crippen molar-refractivity contribution in [3.63, 3.8) is 0 Å². The number of carboxylic acid groups (broad SMARTS) is 1. The van der Waals surface area contributed by atoms with E-state index in [0.717, 1.165) is 3.57 Å². The molecular weight excluding hydrogens is 347 g/mol. The molecule has 6 heteroatoms. The number of anilines is 1. The van der Waals surface area contributed by atoms with Gasteiger partial charge in [0.15, 0.2) is 0 Å². The maximum absolute atomic E-state index is 11.9. The lowest BCUT2D eigenvalue weighted by atomic mass is 10.2. The zero-order chi connectivity index (χ0) is 13.7. The molecule has 98 valence electrons. The molecule has 0 bridgehead atoms. The number of aromatic carboxylic acids is 1. The normalized spacial score (nSPS) is 9.94. The molecule has 0 spiro atoms. The number of carbonyl (C=O) groups excluding carboxylic acids is 1. The molecule has 0 atom stereocenters. The topological polar surface area (TPSA) is 69.6 Å². The van der Waals surface area contributed by atoms with Gasteiger partial charge in [-0.15, -0.1) is 0 Å². The first kappa shape index (κ1) is 14.7. The van der Waals surface area contributed by atoms with Gasteiger partial charge in [-0.05, 0) is 54.6 Å². The summed E-state index contributed by atoms with van der Waals surface area (Å²) in [5.74, 6) is -1.05. The highest BCUT2D eigenvalue weighted by atomic mass is 127. The van der Waals surface area contributed by atoms with Crippen LogP contribution in [0.25, 0.3) is 0 Å². The van der Waals surface area contributed by atoms with Crippen molar-refractivity contribution >= 4 is 40.3 Å². The fraction of sp³-hybridized carbons (Fsp3) is 0.333. The van der Waals surface area contributed by atoms with Crippen LogP contribution in [0.2, 0.25) is 0 Å². The van der Waals surface area contributed by atoms with Gasteiger partial charge in [0.2, 0.25) is 0 Å². The molecular formula is C12H15IN2O3. The third-order valence-electron chi connectivity index (χ3n) is 2.50. The summed E-state index contributed by atoms with van der Waals surface area (Å²) in [6.07, 6.45) is 0. The molecule has 0 fully saturated rings. The van der Waals surface area contributed by atoms with Gasteiger partial charge in [0.1, 0.15) is 0 Å². The molecule has 2 amide bonds. The Hall–Kier alpha value is -1.31. The van der Waals surface area contributed by atoms with Gasteiger partial charge >= 0.3 is 12.0 Å². The highest BCUT2D eigenvalue weighted by Gasteiger charge is 2.15. The quantitative estimate of drug-likeness (QED) is 0.810. The number of amides is 2. The van der Waals surface area contributed by atoms with Gasteiger partial charge in [0, 0.05) is 16.7 Å². The predicted octanol–water partition coefficient (Wildman–Crippen LogP) is 2.86. The van der Waals surface area contributed by atoms with E-state index in [1.54, 1.807) is 17.0 Å². The van der Waals surface area contributed by atoms with Crippen LogP contribution in [0.4, 0.5) is 10.5 Å². The largest absolute Gasteiger partial charge is 0.478 e. The number of rotatable bonds is 4. The number of urea groups is 1. The number of hydrogen-bond acceptors (Lipinski definition) is 2. The minimum Gasteiger partial charge on any atom is -0.478 e. The number of halogens is 1. The lowest BCUT2D eigenvalue weighted by molar-refractivity contribution is 0.0698. The Bertz CT molecular complexity index is 459. The lowest BCUT2D eigenvalue weighted by Gasteiger charge is -2.20. The second kappa shape index (κ2) is 6.58. The highest BCUT2D eigenvalue weighted by Crippen LogP contribution is 2.19. The summed E-state index contributed by atoms with van der Waals surface area (Å²) in [6.45, 7) is 4.90. The van der Waals surface area contributed by atoms with E-state index in [9.17, 15) is 9.59 Å². The molecule has 0 aromatic heterocycles. The first-order valence-corrected chi connectivity index (χ1v) is 6.66. The van der Waals surface area contributed by atoms with Crippen LogP contribution >= 0.6 is 22.6 Å². The van der Waals surface area contributed by atoms with E-state index in [1.165, 1.54) is 6.07 Å². The summed E-state index contributed by atoms with van der Waals surface area (Å²) in [7, 11) is 0. The Balaban J connectivity index is 2.97. The lowest BCUT2D eigenvalue weighted by Crippen LogP contribution is -2.34. The van der Waals surface area contributed by atoms with Gasteiger partial charge in [0.25, 0.3) is 0 Å². The zero-order valence-corrected chi connectivity index (χ0v) is 12.4. The molecule has 0 unspecified atom stereocenters. The van der Waals surface area contributed by atoms with Gasteiger partial charge in [-0.3, -0.25) is 0 Å². The Morgan fingerprint density at radius 3 is 2.44 bits per heavy atom. The number of benzene rings is 1. The fourth-order valence-corrected chi connectivity index (χ4v) is 2.00. The molecule has 18 heavy (non-hydrogen) atoms. The number of carbonyl (C=O) groups is 2. The van der Waals surface area contributed by atoms with Crippen LogP contribution in [-0.2, 0) is 0 Å². The van der Waals surface area contributed by atoms with Crippen molar-refractivity contribution in [2.75, 3.05) is 18.4 Å². The second-order valence-electron chi connectivity index (χ2n) is 3.60. The molecule has 1 aromatic carbocycles. The summed E-state index contributed by atoms with van der Waals surface area (Å²) in [4.78, 5) is 24.5. The monoisotopic (exact) mass is 362 g/mol. The summed E-state index contributed by atoms with van der Waals surface area (Å²) in [6, 6.07) is 4.60. The van der Waals surface area contributed by atoms with Crippen LogP contribution in [0, 0.1) is 3.57 Å². The molecule has 0 aliphatic heterocycles. The van der Waals surface area contributed by atoms with Crippen LogP contribution in [0.5, 0.6) is 0 Å². The summed E-state index contributed by atoms with van der Waals surface area (Å²) in [5, 5.41) is 11.7. The van der Waals surface area contributed by atoms with Crippen molar-refractivity contribution in [3.8, 4) is 0 Å². The molecule has 1 aromatic rings. The molecule has 0 aliphatic rings. The van der Waals surface area contributed by atoms with Crippen LogP contribution in [0.15, 0.2) is 18.2 Å². The number of hydrogen-bond donors (Lipinski definition) is 2. The van der Waals surface area contributed by atoms with E-state index < -0.39 is 5.97 Å². The Labute approximate surface area is 119 Å². The van der Waals surface area contributed by atoms with E-state index in [4.69, 9.17) is 5.11 Å². The Morgan fingerprint density at radius 1 is 1.33 bits per heavy atom. The molecule has 0 heterocycles. The second-order valence-corrected chi connectivity index (χ2v) is 4.84. The van der Waals surface area contributed by atoms with Crippen molar-refractivity contribution in [1.29, 1.82) is 0 Å². The minimum absolute atomic E-state index is 0.0995. The fourth-order valence-electron chi connectivity index (χ4n) is 1.51. The Morgan fingerprint density at radius 2 is 1.94 bits per heavy atom. The SMILES string of the molecule is CCN(CC)C(=O)Nc1ccc(I)cc1C(=O)O. The van der Waals surface area contributed by atoms with Crippen molar-refractivity contribution in [2.45, 2.75) is 13.8 Å². The van der Waals surface area contributed by atoms with Crippen LogP contribution in [-0.4, -0.2) is 35.1 Å². The highest BCUT2D eigenvalue weighted by molar-refractivity contribution is 14.1. The molecule has 2 N–H and O–H groups in total. The predicted molar refractivity (Wildman–Crippen MR) is 78.1 cm³/mol. The van der Waals surface area contributed by atoms with Gasteiger partial charge in [-0.2, -0.15) is 0 Å². The zero-order valence-electron chi connectivity index (χ0n) is 10.2. The first-order chi connectivity index (χ1) is 8.49. The van der Waals surface area contributed by atoms with Gasteiger partial charge in [0.05, 0.1) is 11.3 Å². The summed E-state index contributed by atoms with van der Waals surface area (Å²) in [5.41, 5.74) is 0.419. The standard InChI is InChI=1S/C12H15IN2O3/c1-3-15(4-2)12(18)14-10-6-5-8(13)7-9(10)11(16)17/h5-7H,3-4H2,1-2H3,(H,14,18)(H,16,17). The van der Waals surface area contributed by atoms with Crippen molar-refractivity contribution in [3.05, 3.63) is 27.3 Å². The first-order valence-electron chi connectivity index (χ1n) is 5.58. The number of carboxylic acids is 1. The molecule has 0 radical (unpaired) electrons. The van der Waals surface area contributed by atoms with E-state index in [0.29, 0.717) is 18.8 Å². The van der Waals surface area contributed by atoms with Crippen LogP contribution in [0.1, 0.15) is 24.2 Å². The third-order valence-corrected chi connectivity index (χ3v) is 3.18. The van der Waals surface area contributed by atoms with Gasteiger partial charge in [-0.1, -0.05) is 0 Å². The summed E-state index contributed by atoms with van der Waals surface area (Å²) >= 11 is 2.03. The van der Waals surface area contributed by atoms with Crippen molar-refractivity contribution < 1.29 is 14.7 Å². The smallest absolute Gasteiger partial charge is 0.337 e. The maximum atomic E-state index is 11.9. The van der Waals surface area contributed by atoms with Crippen LogP contribution in [0.3, 0.4) is 0 Å². The molecule has 5 nitrogen and oxygen atoms in total. The Kier molecular flexibility index (Phi) is 5.39. The van der Waals surface area contributed by atoms with Gasteiger partial charge in [-0.25, -0.2) is 9.59 Å². The summed E-state index contributed by atoms with van der Waals surface area (Å²) < 4.78 is 0.811. The van der Waals surface area contributed by atoms with Crippen molar-refractivity contribution in [1.82, 2.24) is 4.90 Å². The third kappa shape index (κ3) is 3.59. The number of nitrogens with zero attached hydrogens (tertiary/aromatic N) is 1. The van der Waals surface area contributed by atoms with Gasteiger partial charge < -0.3 is 15.3 Å². The average Bonchev–Trinajstić information content (AvgIpc) is 2.32. The maximum Gasteiger partial charge on any atom is 0.337 e. The van der Waals surface area contributed by atoms with E-state index in [-0.39, 0.29) is 11.6 Å².